The zero-order chi connectivity index (χ0) is 21.2. The maximum absolute atomic E-state index is 9.44. The van der Waals surface area contributed by atoms with Crippen LogP contribution in [0.25, 0.3) is 0 Å². The zero-order valence-corrected chi connectivity index (χ0v) is 15.8. The van der Waals surface area contributed by atoms with Gasteiger partial charge in [-0.25, -0.2) is 4.98 Å². The van der Waals surface area contributed by atoms with Crippen LogP contribution in [0.15, 0.2) is 12.4 Å². The quantitative estimate of drug-likeness (QED) is 0.195. The number of nitrogens with one attached hydrogen (secondary N) is 1. The first-order valence-electron chi connectivity index (χ1n) is 5.64. The number of aryl methyl sites for hydroxylation is 1. The number of aromatic amines is 1. The Hall–Kier alpha value is -1.01. The Morgan fingerprint density at radius 3 is 1.33 bits per heavy atom. The first-order valence-corrected chi connectivity index (χ1v) is 11.1. The van der Waals surface area contributed by atoms with Crippen LogP contribution < -0.4 is 0 Å². The maximum Gasteiger partial charge on any atom is 0.413 e. The third kappa shape index (κ3) is 30.0. The minimum absolute atomic E-state index is 0. The van der Waals surface area contributed by atoms with E-state index in [0.717, 1.165) is 18.7 Å². The fourth-order valence-electron chi connectivity index (χ4n) is 0.889. The number of nitrogens with zero attached hydrogens (tertiary/aromatic N) is 1. The van der Waals surface area contributed by atoms with E-state index in [1.54, 1.807) is 6.20 Å². The van der Waals surface area contributed by atoms with Gasteiger partial charge in [0.15, 0.2) is 0 Å². The van der Waals surface area contributed by atoms with Gasteiger partial charge in [0, 0.05) is 18.8 Å². The average molecular weight is 499 g/mol. The molecule has 0 aromatic carbocycles. The van der Waals surface area contributed by atoms with E-state index in [1.165, 1.54) is 0 Å². The molecule has 0 bridgehead atoms. The average Bonchev–Trinajstić information content (AvgIpc) is 2.73. The van der Waals surface area contributed by atoms with Gasteiger partial charge >= 0.3 is 41.6 Å². The van der Waals surface area contributed by atoms with Crippen molar-refractivity contribution in [1.82, 2.24) is 9.97 Å². The number of hydrogen-bond donors (Lipinski definition) is 5. The van der Waals surface area contributed by atoms with Crippen molar-refractivity contribution in [3.63, 3.8) is 0 Å². The molecule has 0 fully saturated rings. The van der Waals surface area contributed by atoms with Crippen molar-refractivity contribution in [3.05, 3.63) is 18.2 Å². The number of imidazole rings is 1. The van der Waals surface area contributed by atoms with E-state index in [1.807, 2.05) is 6.20 Å². The summed E-state index contributed by atoms with van der Waals surface area (Å²) in [5.74, 6) is 1.09. The van der Waals surface area contributed by atoms with E-state index < -0.39 is 41.6 Å². The van der Waals surface area contributed by atoms with Crippen LogP contribution in [0.1, 0.15) is 19.2 Å². The van der Waals surface area contributed by atoms with Crippen molar-refractivity contribution < 1.29 is 59.1 Å². The van der Waals surface area contributed by atoms with E-state index in [0.29, 0.717) is 0 Å². The molecule has 16 nitrogen and oxygen atoms in total. The number of H-pyrrole nitrogens is 1. The van der Waals surface area contributed by atoms with Gasteiger partial charge in [-0.1, -0.05) is 6.92 Å². The second-order valence-corrected chi connectivity index (χ2v) is 8.14. The summed E-state index contributed by atoms with van der Waals surface area (Å²) < 4.78 is 111. The van der Waals surface area contributed by atoms with Crippen LogP contribution in [0.4, 0.5) is 0 Å². The molecular formula is C6H18N2O14S4Si. The summed E-state index contributed by atoms with van der Waals surface area (Å²) in [6.45, 7) is 2.14. The monoisotopic (exact) mass is 498 g/mol. The van der Waals surface area contributed by atoms with Crippen LogP contribution in [0.5, 0.6) is 0 Å². The maximum atomic E-state index is 9.44. The molecular weight excluding hydrogens is 480 g/mol. The number of rotatable bonds is 6. The largest absolute Gasteiger partial charge is 0.413 e. The van der Waals surface area contributed by atoms with Crippen LogP contribution in [0.2, 0.25) is 0 Å². The van der Waals surface area contributed by atoms with Gasteiger partial charge in [0.25, 0.3) is 0 Å². The highest BCUT2D eigenvalue weighted by Crippen LogP contribution is 1.93. The topological polar surface area (TPSA) is 265 Å². The van der Waals surface area contributed by atoms with E-state index >= 15 is 0 Å². The molecule has 27 heavy (non-hydrogen) atoms. The lowest BCUT2D eigenvalue weighted by Crippen LogP contribution is -2.10. The number of hydrogen-bond acceptors (Lipinski definition) is 11. The summed E-state index contributed by atoms with van der Waals surface area (Å²) in [6, 6.07) is 0. The fourth-order valence-corrected chi connectivity index (χ4v) is 2.63. The van der Waals surface area contributed by atoms with Gasteiger partial charge in [-0.3, -0.25) is 18.2 Å². The lowest BCUT2D eigenvalue weighted by Gasteiger charge is -1.89. The van der Waals surface area contributed by atoms with E-state index in [9.17, 15) is 33.7 Å². The first-order chi connectivity index (χ1) is 11.3. The molecule has 0 atom stereocenters. The molecule has 5 N–H and O–H groups in total. The molecule has 21 heteroatoms. The number of aromatic nitrogens is 2. The van der Waals surface area contributed by atoms with Gasteiger partial charge in [0.1, 0.15) is 5.82 Å². The van der Waals surface area contributed by atoms with Crippen molar-refractivity contribution in [1.29, 1.82) is 0 Å². The van der Waals surface area contributed by atoms with Gasteiger partial charge in [0.2, 0.25) is 0 Å². The Morgan fingerprint density at radius 2 is 1.19 bits per heavy atom. The van der Waals surface area contributed by atoms with Crippen molar-refractivity contribution in [2.45, 2.75) is 19.8 Å². The molecule has 0 radical (unpaired) electrons. The van der Waals surface area contributed by atoms with E-state index in [-0.39, 0.29) is 11.0 Å². The Balaban J connectivity index is -0.000000314. The molecule has 164 valence electrons. The predicted octanol–water partition coefficient (Wildman–Crippen LogP) is -2.87. The van der Waals surface area contributed by atoms with E-state index in [4.69, 9.17) is 18.2 Å². The molecule has 1 aromatic heterocycles. The molecule has 0 unspecified atom stereocenters. The highest BCUT2D eigenvalue weighted by molar-refractivity contribution is 7.94. The molecule has 0 spiro atoms. The smallest absolute Gasteiger partial charge is 0.349 e. The van der Waals surface area contributed by atoms with Gasteiger partial charge < -0.3 is 4.98 Å². The highest BCUT2D eigenvalue weighted by atomic mass is 32.3. The minimum Gasteiger partial charge on any atom is -0.349 e. The first kappa shape index (κ1) is 30.7. The molecule has 0 aliphatic rings. The minimum atomic E-state index is -5.12. The van der Waals surface area contributed by atoms with E-state index in [2.05, 4.69) is 24.2 Å². The Bertz CT molecular complexity index is 811. The summed E-state index contributed by atoms with van der Waals surface area (Å²) in [5.41, 5.74) is 0. The van der Waals surface area contributed by atoms with Crippen LogP contribution in [0.3, 0.4) is 0 Å². The van der Waals surface area contributed by atoms with Gasteiger partial charge in [-0.05, 0) is 17.4 Å². The molecule has 0 amide bonds. The van der Waals surface area contributed by atoms with Crippen molar-refractivity contribution in [2.75, 3.05) is 0 Å². The summed E-state index contributed by atoms with van der Waals surface area (Å²) >= 11 is 0. The SMILES string of the molecule is CCCc1ncc[nH]1.O=S(=O)(O)OS(=O)(=O)O.O=S(=O)(O)OS(=O)(=O)O.[SiH4]. The standard InChI is InChI=1S/C6H10N2.2H2O7S2.H4Si/c1-2-3-6-7-4-5-8-6;2*1-8(2,3)7-9(4,5)6;/h4-5H,2-3H2,1H3,(H,7,8);2*(H,1,2,3)(H,4,5,6);1H4. The van der Waals surface area contributed by atoms with Crippen LogP contribution in [-0.2, 0) is 55.3 Å². The van der Waals surface area contributed by atoms with Crippen LogP contribution >= 0.6 is 0 Å². The zero-order valence-electron chi connectivity index (χ0n) is 12.5. The van der Waals surface area contributed by atoms with Crippen LogP contribution in [-0.4, -0.2) is 72.8 Å². The molecule has 0 saturated heterocycles. The molecule has 0 aliphatic carbocycles. The van der Waals surface area contributed by atoms with Crippen molar-refractivity contribution >= 4 is 52.6 Å². The van der Waals surface area contributed by atoms with Gasteiger partial charge in [0.05, 0.1) is 0 Å². The van der Waals surface area contributed by atoms with Gasteiger partial charge in [-0.2, -0.15) is 33.7 Å². The second kappa shape index (κ2) is 12.4. The summed E-state index contributed by atoms with van der Waals surface area (Å²) in [6.07, 6.45) is 5.86. The van der Waals surface area contributed by atoms with Gasteiger partial charge in [-0.15, -0.1) is 7.26 Å². The molecule has 1 aromatic rings. The normalized spacial score (nSPS) is 11.9. The lowest BCUT2D eigenvalue weighted by atomic mass is 10.3. The predicted molar refractivity (Wildman–Crippen MR) is 92.3 cm³/mol. The summed E-state index contributed by atoms with van der Waals surface area (Å²) in [5, 5.41) is 0. The fraction of sp³-hybridized carbons (Fsp3) is 0.500. The molecule has 1 rings (SSSR count). The molecule has 0 saturated carbocycles. The molecule has 0 aliphatic heterocycles. The summed E-state index contributed by atoms with van der Waals surface area (Å²) in [7, 11) is -20.5. The van der Waals surface area contributed by atoms with Crippen LogP contribution in [0, 0.1) is 0 Å². The Morgan fingerprint density at radius 1 is 0.852 bits per heavy atom. The third-order valence-corrected chi connectivity index (χ3v) is 4.14. The Kier molecular flexibility index (Phi) is 14.2. The summed E-state index contributed by atoms with van der Waals surface area (Å²) in [4.78, 5) is 7.08. The van der Waals surface area contributed by atoms with Crippen molar-refractivity contribution in [2.24, 2.45) is 0 Å². The third-order valence-electron chi connectivity index (χ3n) is 1.39. The molecule has 1 heterocycles. The lowest BCUT2D eigenvalue weighted by molar-refractivity contribution is 0.339. The Labute approximate surface area is 159 Å². The second-order valence-electron chi connectivity index (χ2n) is 3.63. The highest BCUT2D eigenvalue weighted by Gasteiger charge is 2.16. The van der Waals surface area contributed by atoms with Crippen molar-refractivity contribution in [3.8, 4) is 0 Å².